The number of carbonyl (C=O) groups is 1. The number of amides is 1. The topological polar surface area (TPSA) is 49.8 Å². The highest BCUT2D eigenvalue weighted by molar-refractivity contribution is 5.94. The summed E-state index contributed by atoms with van der Waals surface area (Å²) in [6.07, 6.45) is 4.61. The van der Waals surface area contributed by atoms with E-state index < -0.39 is 5.60 Å². The minimum absolute atomic E-state index is 0.0454. The Morgan fingerprint density at radius 1 is 1.07 bits per heavy atom. The lowest BCUT2D eigenvalue weighted by atomic mass is 9.66. The van der Waals surface area contributed by atoms with Crippen LogP contribution in [0.25, 0.3) is 0 Å². The van der Waals surface area contributed by atoms with Gasteiger partial charge in [0.25, 0.3) is 5.91 Å². The average Bonchev–Trinajstić information content (AvgIpc) is 2.73. The van der Waals surface area contributed by atoms with Crippen LogP contribution in [0, 0.1) is 5.92 Å². The van der Waals surface area contributed by atoms with Crippen LogP contribution in [0.15, 0.2) is 54.6 Å². The summed E-state index contributed by atoms with van der Waals surface area (Å²) in [4.78, 5) is 15.3. The second-order valence-corrected chi connectivity index (χ2v) is 7.79. The molecule has 0 spiro atoms. The molecule has 0 bridgehead atoms. The first-order valence-corrected chi connectivity index (χ1v) is 9.85. The largest absolute Gasteiger partial charge is 0.497 e. The summed E-state index contributed by atoms with van der Waals surface area (Å²) in [5.41, 5.74) is 1.11. The fourth-order valence-electron chi connectivity index (χ4n) is 4.87. The fourth-order valence-corrected chi connectivity index (χ4v) is 4.87. The van der Waals surface area contributed by atoms with Crippen LogP contribution in [0.3, 0.4) is 0 Å². The summed E-state index contributed by atoms with van der Waals surface area (Å²) >= 11 is 0. The third kappa shape index (κ3) is 3.34. The number of hydrogen-bond acceptors (Lipinski definition) is 3. The maximum Gasteiger partial charge on any atom is 0.254 e. The highest BCUT2D eigenvalue weighted by Crippen LogP contribution is 2.49. The number of methoxy groups -OCH3 is 1. The molecule has 4 nitrogen and oxygen atoms in total. The molecule has 0 radical (unpaired) electrons. The van der Waals surface area contributed by atoms with E-state index in [-0.39, 0.29) is 17.9 Å². The highest BCUT2D eigenvalue weighted by atomic mass is 16.5. The number of hydrogen-bond donors (Lipinski definition) is 1. The molecule has 1 saturated heterocycles. The summed E-state index contributed by atoms with van der Waals surface area (Å²) in [6.45, 7) is 0.581. The van der Waals surface area contributed by atoms with E-state index in [9.17, 15) is 9.90 Å². The molecule has 4 heteroatoms. The first-order chi connectivity index (χ1) is 13.1. The highest BCUT2D eigenvalue weighted by Gasteiger charge is 2.50. The molecule has 1 N–H and O–H groups in total. The van der Waals surface area contributed by atoms with Crippen molar-refractivity contribution in [1.82, 2.24) is 4.90 Å². The third-order valence-electron chi connectivity index (χ3n) is 6.31. The molecule has 1 aliphatic carbocycles. The van der Waals surface area contributed by atoms with Crippen LogP contribution in [0.4, 0.5) is 0 Å². The summed E-state index contributed by atoms with van der Waals surface area (Å²) in [5, 5.41) is 11.3. The van der Waals surface area contributed by atoms with Crippen molar-refractivity contribution in [2.45, 2.75) is 43.7 Å². The number of nitrogens with zero attached hydrogens (tertiary/aromatic N) is 1. The molecule has 2 fully saturated rings. The number of ether oxygens (including phenoxy) is 1. The van der Waals surface area contributed by atoms with Crippen molar-refractivity contribution in [1.29, 1.82) is 0 Å². The zero-order valence-corrected chi connectivity index (χ0v) is 15.8. The SMILES string of the molecule is COc1ccc([C@H]2[C@H]3CCCC[C@]3(O)CCN2C(=O)c2ccccc2)cc1. The molecule has 142 valence electrons. The molecule has 1 heterocycles. The van der Waals surface area contributed by atoms with Gasteiger partial charge in [-0.3, -0.25) is 4.79 Å². The molecule has 1 amide bonds. The van der Waals surface area contributed by atoms with E-state index in [1.807, 2.05) is 59.5 Å². The molecule has 0 aromatic heterocycles. The van der Waals surface area contributed by atoms with Gasteiger partial charge in [-0.2, -0.15) is 0 Å². The van der Waals surface area contributed by atoms with Crippen LogP contribution in [0.5, 0.6) is 5.75 Å². The van der Waals surface area contributed by atoms with E-state index in [1.54, 1.807) is 7.11 Å². The van der Waals surface area contributed by atoms with Gasteiger partial charge in [-0.15, -0.1) is 0 Å². The van der Waals surface area contributed by atoms with Crippen LogP contribution in [-0.2, 0) is 0 Å². The van der Waals surface area contributed by atoms with E-state index in [1.165, 1.54) is 0 Å². The molecule has 3 atom stereocenters. The van der Waals surface area contributed by atoms with Crippen LogP contribution < -0.4 is 4.74 Å². The smallest absolute Gasteiger partial charge is 0.254 e. The normalized spacial score (nSPS) is 27.7. The number of benzene rings is 2. The Kier molecular flexibility index (Phi) is 4.92. The van der Waals surface area contributed by atoms with Gasteiger partial charge in [0.2, 0.25) is 0 Å². The van der Waals surface area contributed by atoms with Gasteiger partial charge in [0.05, 0.1) is 18.8 Å². The number of carbonyl (C=O) groups excluding carboxylic acids is 1. The Morgan fingerprint density at radius 2 is 1.81 bits per heavy atom. The van der Waals surface area contributed by atoms with Crippen molar-refractivity contribution in [3.8, 4) is 5.75 Å². The number of likely N-dealkylation sites (tertiary alicyclic amines) is 1. The van der Waals surface area contributed by atoms with Crippen molar-refractivity contribution in [2.24, 2.45) is 5.92 Å². The summed E-state index contributed by atoms with van der Waals surface area (Å²) in [5.74, 6) is 0.916. The van der Waals surface area contributed by atoms with Gasteiger partial charge in [-0.25, -0.2) is 0 Å². The lowest BCUT2D eigenvalue weighted by Crippen LogP contribution is -2.56. The molecule has 2 aromatic rings. The van der Waals surface area contributed by atoms with Crippen LogP contribution in [0.2, 0.25) is 0 Å². The molecule has 0 unspecified atom stereocenters. The molecule has 4 rings (SSSR count). The predicted octanol–water partition coefficient (Wildman–Crippen LogP) is 4.20. The van der Waals surface area contributed by atoms with E-state index in [2.05, 4.69) is 0 Å². The standard InChI is InChI=1S/C23H27NO3/c1-27-19-12-10-17(11-13-19)21-20-9-5-6-14-23(20,26)15-16-24(21)22(25)18-7-3-2-4-8-18/h2-4,7-8,10-13,20-21,26H,5-6,9,14-16H2,1H3/t20-,21+,23+/m1/s1. The molecular formula is C23H27NO3. The van der Waals surface area contributed by atoms with E-state index in [4.69, 9.17) is 4.74 Å². The molecule has 1 aliphatic heterocycles. The first-order valence-electron chi connectivity index (χ1n) is 9.85. The summed E-state index contributed by atoms with van der Waals surface area (Å²) in [6, 6.07) is 17.3. The second kappa shape index (κ2) is 7.35. The Balaban J connectivity index is 1.73. The minimum Gasteiger partial charge on any atom is -0.497 e. The van der Waals surface area contributed by atoms with E-state index in [0.29, 0.717) is 18.5 Å². The lowest BCUT2D eigenvalue weighted by molar-refractivity contribution is -0.115. The average molecular weight is 365 g/mol. The third-order valence-corrected chi connectivity index (χ3v) is 6.31. The van der Waals surface area contributed by atoms with Gasteiger partial charge >= 0.3 is 0 Å². The molecule has 2 aromatic carbocycles. The van der Waals surface area contributed by atoms with Crippen LogP contribution >= 0.6 is 0 Å². The Morgan fingerprint density at radius 3 is 2.52 bits per heavy atom. The Labute approximate surface area is 160 Å². The van der Waals surface area contributed by atoms with Gasteiger partial charge in [0, 0.05) is 18.0 Å². The maximum absolute atomic E-state index is 13.3. The number of aliphatic hydroxyl groups is 1. The van der Waals surface area contributed by atoms with Crippen molar-refractivity contribution >= 4 is 5.91 Å². The predicted molar refractivity (Wildman–Crippen MR) is 105 cm³/mol. The zero-order chi connectivity index (χ0) is 18.9. The minimum atomic E-state index is -0.670. The number of rotatable bonds is 3. The summed E-state index contributed by atoms with van der Waals surface area (Å²) in [7, 11) is 1.65. The fraction of sp³-hybridized carbons (Fsp3) is 0.435. The monoisotopic (exact) mass is 365 g/mol. The maximum atomic E-state index is 13.3. The van der Waals surface area contributed by atoms with Gasteiger partial charge in [0.1, 0.15) is 5.75 Å². The quantitative estimate of drug-likeness (QED) is 0.887. The first kappa shape index (κ1) is 18.1. The second-order valence-electron chi connectivity index (χ2n) is 7.79. The number of piperidine rings is 1. The van der Waals surface area contributed by atoms with Crippen molar-refractivity contribution in [2.75, 3.05) is 13.7 Å². The molecule has 2 aliphatic rings. The van der Waals surface area contributed by atoms with Gasteiger partial charge < -0.3 is 14.7 Å². The van der Waals surface area contributed by atoms with E-state index >= 15 is 0 Å². The van der Waals surface area contributed by atoms with Gasteiger partial charge in [0.15, 0.2) is 0 Å². The van der Waals surface area contributed by atoms with Crippen molar-refractivity contribution in [3.63, 3.8) is 0 Å². The molecule has 1 saturated carbocycles. The van der Waals surface area contributed by atoms with Gasteiger partial charge in [-0.1, -0.05) is 43.2 Å². The Bertz CT molecular complexity index is 789. The van der Waals surface area contributed by atoms with Gasteiger partial charge in [-0.05, 0) is 49.1 Å². The molecular weight excluding hydrogens is 338 g/mol. The summed E-state index contributed by atoms with van der Waals surface area (Å²) < 4.78 is 5.30. The Hall–Kier alpha value is -2.33. The zero-order valence-electron chi connectivity index (χ0n) is 15.8. The lowest BCUT2D eigenvalue weighted by Gasteiger charge is -2.52. The van der Waals surface area contributed by atoms with Crippen LogP contribution in [-0.4, -0.2) is 35.2 Å². The van der Waals surface area contributed by atoms with Crippen LogP contribution in [0.1, 0.15) is 54.1 Å². The van der Waals surface area contributed by atoms with E-state index in [0.717, 1.165) is 37.0 Å². The van der Waals surface area contributed by atoms with Crippen molar-refractivity contribution in [3.05, 3.63) is 65.7 Å². The molecule has 27 heavy (non-hydrogen) atoms. The number of fused-ring (bicyclic) bond motifs is 1. The van der Waals surface area contributed by atoms with Crippen molar-refractivity contribution < 1.29 is 14.6 Å².